The first kappa shape index (κ1) is 73.3. The van der Waals surface area contributed by atoms with Crippen LogP contribution in [0.1, 0.15) is 316 Å². The molecule has 0 spiro atoms. The first-order chi connectivity index (χ1) is 38.0. The molecule has 0 fully saturated rings. The number of carbonyl (C=O) groups excluding carboxylic acids is 3. The van der Waals surface area contributed by atoms with Crippen molar-refractivity contribution in [3.8, 4) is 0 Å². The lowest BCUT2D eigenvalue weighted by atomic mass is 10.0. The molecular formula is C71H122O6. The lowest BCUT2D eigenvalue weighted by Crippen LogP contribution is -2.30. The summed E-state index contributed by atoms with van der Waals surface area (Å²) in [6.07, 6.45) is 87.3. The molecule has 0 radical (unpaired) electrons. The van der Waals surface area contributed by atoms with Crippen molar-refractivity contribution in [1.82, 2.24) is 0 Å². The van der Waals surface area contributed by atoms with Crippen molar-refractivity contribution in [3.63, 3.8) is 0 Å². The Balaban J connectivity index is 4.21. The molecule has 0 aliphatic carbocycles. The van der Waals surface area contributed by atoms with Crippen LogP contribution >= 0.6 is 0 Å². The minimum absolute atomic E-state index is 0.0970. The average molecular weight is 1070 g/mol. The summed E-state index contributed by atoms with van der Waals surface area (Å²) in [4.78, 5) is 38.2. The number of hydrogen-bond donors (Lipinski definition) is 0. The molecule has 6 heteroatoms. The standard InChI is InChI=1S/C71H122O6/c1-4-7-10-13-16-19-22-24-26-28-29-30-31-32-33-34-35-36-37-38-39-40-41-43-44-46-49-52-55-58-61-64-70(73)76-67-68(66-75-69(72)63-60-57-54-51-48-21-18-15-12-9-6-3)77-71(74)65-62-59-56-53-50-47-45-42-27-25-23-20-17-14-11-8-5-2/h8,11,17,20,22,24-25,27-29,31-32,45,47,53,56,68H,4-7,9-10,12-16,18-19,21,23,26,30,33-44,46,48-52,54-55,57-67H2,1-3H3/b11-8-,20-17-,24-22-,27-25-,29-28-,32-31-,47-45-,56-53-. The second-order valence-electron chi connectivity index (χ2n) is 21.6. The SMILES string of the molecule is CC/C=C\C/C=C\C/C=C\C/C=C\C/C=C\CCCC(=O)OC(COC(=O)CCCCCCCCCCCCC)COC(=O)CCCCCCCCCCCCCCCCCC/C=C\C/C=C\C/C=C\CCCCCCC. The maximum absolute atomic E-state index is 12.9. The molecular weight excluding hydrogens is 949 g/mol. The molecule has 0 N–H and O–H groups in total. The summed E-state index contributed by atoms with van der Waals surface area (Å²) in [5.74, 6) is -0.947. The van der Waals surface area contributed by atoms with Gasteiger partial charge in [-0.3, -0.25) is 14.4 Å². The predicted octanol–water partition coefficient (Wildman–Crippen LogP) is 22.4. The molecule has 0 aromatic rings. The van der Waals surface area contributed by atoms with E-state index in [-0.39, 0.29) is 37.5 Å². The Labute approximate surface area is 477 Å². The topological polar surface area (TPSA) is 78.9 Å². The van der Waals surface area contributed by atoms with Crippen LogP contribution in [0.5, 0.6) is 0 Å². The molecule has 0 aromatic carbocycles. The van der Waals surface area contributed by atoms with E-state index in [1.165, 1.54) is 180 Å². The molecule has 0 saturated carbocycles. The van der Waals surface area contributed by atoms with E-state index in [9.17, 15) is 14.4 Å². The Hall–Kier alpha value is -3.67. The third-order valence-electron chi connectivity index (χ3n) is 14.1. The van der Waals surface area contributed by atoms with Crippen molar-refractivity contribution >= 4 is 17.9 Å². The maximum Gasteiger partial charge on any atom is 0.306 e. The number of allylic oxidation sites excluding steroid dienone is 16. The Morgan fingerprint density at radius 2 is 0.519 bits per heavy atom. The van der Waals surface area contributed by atoms with E-state index in [0.717, 1.165) is 89.9 Å². The van der Waals surface area contributed by atoms with Gasteiger partial charge in [0.2, 0.25) is 0 Å². The van der Waals surface area contributed by atoms with Gasteiger partial charge in [0.05, 0.1) is 0 Å². The van der Waals surface area contributed by atoms with E-state index in [4.69, 9.17) is 14.2 Å². The third-order valence-corrected chi connectivity index (χ3v) is 14.1. The van der Waals surface area contributed by atoms with Gasteiger partial charge in [-0.1, -0.05) is 298 Å². The van der Waals surface area contributed by atoms with E-state index in [0.29, 0.717) is 19.3 Å². The smallest absolute Gasteiger partial charge is 0.306 e. The van der Waals surface area contributed by atoms with Crippen molar-refractivity contribution in [2.24, 2.45) is 0 Å². The monoisotopic (exact) mass is 1070 g/mol. The van der Waals surface area contributed by atoms with Crippen LogP contribution in [0, 0.1) is 0 Å². The normalized spacial score (nSPS) is 12.7. The summed E-state index contributed by atoms with van der Waals surface area (Å²) in [5.41, 5.74) is 0. The van der Waals surface area contributed by atoms with Crippen LogP contribution in [0.2, 0.25) is 0 Å². The van der Waals surface area contributed by atoms with Crippen molar-refractivity contribution in [2.45, 2.75) is 322 Å². The van der Waals surface area contributed by atoms with Gasteiger partial charge in [-0.2, -0.15) is 0 Å². The predicted molar refractivity (Wildman–Crippen MR) is 334 cm³/mol. The number of unbranched alkanes of at least 4 members (excludes halogenated alkanes) is 32. The molecule has 0 aromatic heterocycles. The quantitative estimate of drug-likeness (QED) is 0.0261. The molecule has 0 aliphatic heterocycles. The number of rotatable bonds is 59. The van der Waals surface area contributed by atoms with Crippen LogP contribution in [0.4, 0.5) is 0 Å². The van der Waals surface area contributed by atoms with Crippen molar-refractivity contribution in [1.29, 1.82) is 0 Å². The maximum atomic E-state index is 12.9. The third kappa shape index (κ3) is 63.0. The van der Waals surface area contributed by atoms with E-state index in [1.807, 2.05) is 0 Å². The zero-order valence-corrected chi connectivity index (χ0v) is 50.7. The van der Waals surface area contributed by atoms with Crippen LogP contribution in [-0.2, 0) is 28.6 Å². The Bertz CT molecular complexity index is 1510. The molecule has 0 amide bonds. The summed E-state index contributed by atoms with van der Waals surface area (Å²) in [6, 6.07) is 0. The molecule has 77 heavy (non-hydrogen) atoms. The van der Waals surface area contributed by atoms with Crippen molar-refractivity contribution in [3.05, 3.63) is 97.2 Å². The van der Waals surface area contributed by atoms with Gasteiger partial charge >= 0.3 is 17.9 Å². The summed E-state index contributed by atoms with van der Waals surface area (Å²) >= 11 is 0. The fourth-order valence-electron chi connectivity index (χ4n) is 9.19. The summed E-state index contributed by atoms with van der Waals surface area (Å²) in [7, 11) is 0. The van der Waals surface area contributed by atoms with Crippen LogP contribution in [0.25, 0.3) is 0 Å². The lowest BCUT2D eigenvalue weighted by Gasteiger charge is -2.18. The van der Waals surface area contributed by atoms with Gasteiger partial charge in [-0.05, 0) is 96.3 Å². The molecule has 1 atom stereocenters. The van der Waals surface area contributed by atoms with E-state index in [1.54, 1.807) is 0 Å². The van der Waals surface area contributed by atoms with Gasteiger partial charge in [0.25, 0.3) is 0 Å². The molecule has 0 heterocycles. The minimum atomic E-state index is -0.806. The van der Waals surface area contributed by atoms with Crippen LogP contribution in [0.15, 0.2) is 97.2 Å². The second-order valence-corrected chi connectivity index (χ2v) is 21.6. The van der Waals surface area contributed by atoms with Crippen molar-refractivity contribution in [2.75, 3.05) is 13.2 Å². The van der Waals surface area contributed by atoms with Crippen LogP contribution in [-0.4, -0.2) is 37.2 Å². The van der Waals surface area contributed by atoms with Gasteiger partial charge in [-0.25, -0.2) is 0 Å². The van der Waals surface area contributed by atoms with Crippen LogP contribution in [0.3, 0.4) is 0 Å². The van der Waals surface area contributed by atoms with E-state index < -0.39 is 6.10 Å². The second kappa shape index (κ2) is 64.9. The zero-order valence-electron chi connectivity index (χ0n) is 50.7. The zero-order chi connectivity index (χ0) is 55.7. The van der Waals surface area contributed by atoms with Crippen LogP contribution < -0.4 is 0 Å². The van der Waals surface area contributed by atoms with Gasteiger partial charge in [-0.15, -0.1) is 0 Å². The largest absolute Gasteiger partial charge is 0.462 e. The highest BCUT2D eigenvalue weighted by atomic mass is 16.6. The van der Waals surface area contributed by atoms with E-state index in [2.05, 4.69) is 118 Å². The summed E-state index contributed by atoms with van der Waals surface area (Å²) in [5, 5.41) is 0. The summed E-state index contributed by atoms with van der Waals surface area (Å²) in [6.45, 7) is 6.48. The van der Waals surface area contributed by atoms with Gasteiger partial charge in [0.1, 0.15) is 13.2 Å². The first-order valence-electron chi connectivity index (χ1n) is 32.7. The van der Waals surface area contributed by atoms with Crippen molar-refractivity contribution < 1.29 is 28.6 Å². The molecule has 1 unspecified atom stereocenters. The molecule has 442 valence electrons. The highest BCUT2D eigenvalue weighted by molar-refractivity contribution is 5.71. The highest BCUT2D eigenvalue weighted by Crippen LogP contribution is 2.17. The number of carbonyl (C=O) groups is 3. The number of ether oxygens (including phenoxy) is 3. The fraction of sp³-hybridized carbons (Fsp3) is 0.732. The van der Waals surface area contributed by atoms with Gasteiger partial charge in [0, 0.05) is 19.3 Å². The molecule has 6 nitrogen and oxygen atoms in total. The minimum Gasteiger partial charge on any atom is -0.462 e. The van der Waals surface area contributed by atoms with E-state index >= 15 is 0 Å². The summed E-state index contributed by atoms with van der Waals surface area (Å²) < 4.78 is 16.8. The molecule has 0 bridgehead atoms. The Morgan fingerprint density at radius 3 is 0.831 bits per heavy atom. The number of hydrogen-bond acceptors (Lipinski definition) is 6. The Morgan fingerprint density at radius 1 is 0.273 bits per heavy atom. The Kier molecular flexibility index (Phi) is 61.8. The average Bonchev–Trinajstić information content (AvgIpc) is 3.43. The highest BCUT2D eigenvalue weighted by Gasteiger charge is 2.19. The molecule has 0 aliphatic rings. The number of esters is 3. The molecule has 0 saturated heterocycles. The lowest BCUT2D eigenvalue weighted by molar-refractivity contribution is -0.167. The fourth-order valence-corrected chi connectivity index (χ4v) is 9.19. The first-order valence-corrected chi connectivity index (χ1v) is 32.7. The molecule has 0 rings (SSSR count). The van der Waals surface area contributed by atoms with Gasteiger partial charge < -0.3 is 14.2 Å². The van der Waals surface area contributed by atoms with Gasteiger partial charge in [0.15, 0.2) is 6.10 Å².